The fourth-order valence-electron chi connectivity index (χ4n) is 8.49. The second kappa shape index (κ2) is 9.27. The third kappa shape index (κ3) is 5.69. The van der Waals surface area contributed by atoms with Crippen molar-refractivity contribution in [2.75, 3.05) is 0 Å². The van der Waals surface area contributed by atoms with Gasteiger partial charge >= 0.3 is 8.56 Å². The standard InChI is InChI=1S/C15H20.C14H30O2Si3/c1-3-12-5-10(1)7-14(12)9-15-8-11-2-4-13(15)6-11;1-17(2,3)15-19(7,16-18(4,5)6)14-11-12-8-9-13(14)10-12/h1-4,10-15H,5-9H2;8-9,12-14H,10-11H2,1-7H3. The third-order valence-corrected chi connectivity index (χ3v) is 19.6. The first-order valence-corrected chi connectivity index (χ1v) is 23.5. The predicted molar refractivity (Wildman–Crippen MR) is 152 cm³/mol. The van der Waals surface area contributed by atoms with E-state index in [9.17, 15) is 0 Å². The Kier molecular flexibility index (Phi) is 6.94. The van der Waals surface area contributed by atoms with Crippen LogP contribution in [0.1, 0.15) is 44.9 Å². The number of hydrogen-bond acceptors (Lipinski definition) is 2. The van der Waals surface area contributed by atoms with Crippen molar-refractivity contribution >= 4 is 25.2 Å². The lowest BCUT2D eigenvalue weighted by Gasteiger charge is -2.44. The van der Waals surface area contributed by atoms with Crippen LogP contribution in [0.15, 0.2) is 36.5 Å². The molecular weight excluding hydrogens is 465 g/mol. The average molecular weight is 515 g/mol. The Hall–Kier alpha value is -0.209. The SMILES string of the molecule is C1=CC2CC1CC2CC1CC2C=CC1C2.C[Si](C)(C)O[Si](C)(O[Si](C)(C)C)C1CC2C=CC1C2. The zero-order valence-electron chi connectivity index (χ0n) is 22.9. The lowest BCUT2D eigenvalue weighted by Crippen LogP contribution is -2.56. The van der Waals surface area contributed by atoms with Gasteiger partial charge in [-0.2, -0.15) is 0 Å². The zero-order valence-corrected chi connectivity index (χ0v) is 25.9. The lowest BCUT2D eigenvalue weighted by atomic mass is 9.80. The van der Waals surface area contributed by atoms with Gasteiger partial charge in [0, 0.05) is 5.54 Å². The summed E-state index contributed by atoms with van der Waals surface area (Å²) in [4.78, 5) is 0. The third-order valence-electron chi connectivity index (χ3n) is 9.41. The van der Waals surface area contributed by atoms with Crippen LogP contribution in [-0.2, 0) is 8.23 Å². The van der Waals surface area contributed by atoms with E-state index < -0.39 is 25.2 Å². The van der Waals surface area contributed by atoms with Crippen molar-refractivity contribution in [3.8, 4) is 0 Å². The molecule has 3 saturated carbocycles. The van der Waals surface area contributed by atoms with Crippen LogP contribution in [0.5, 0.6) is 0 Å². The van der Waals surface area contributed by atoms with E-state index in [1.807, 2.05) is 0 Å². The van der Waals surface area contributed by atoms with Gasteiger partial charge in [-0.05, 0) is 138 Å². The van der Waals surface area contributed by atoms with Crippen molar-refractivity contribution in [2.45, 2.75) is 96.3 Å². The van der Waals surface area contributed by atoms with Gasteiger partial charge in [-0.25, -0.2) is 0 Å². The molecule has 0 aliphatic heterocycles. The molecule has 34 heavy (non-hydrogen) atoms. The molecule has 190 valence electrons. The Morgan fingerprint density at radius 2 is 0.941 bits per heavy atom. The highest BCUT2D eigenvalue weighted by Crippen LogP contribution is 2.54. The quantitative estimate of drug-likeness (QED) is 0.250. The van der Waals surface area contributed by atoms with Crippen molar-refractivity contribution in [1.29, 1.82) is 0 Å². The molecule has 0 aromatic carbocycles. The van der Waals surface area contributed by atoms with Crippen molar-refractivity contribution in [1.82, 2.24) is 0 Å². The molecular formula is C29H50O2Si3. The smallest absolute Gasteiger partial charge is 0.318 e. The predicted octanol–water partition coefficient (Wildman–Crippen LogP) is 8.53. The molecule has 0 aromatic rings. The van der Waals surface area contributed by atoms with E-state index in [-0.39, 0.29) is 0 Å². The van der Waals surface area contributed by atoms with Gasteiger partial charge in [0.2, 0.25) is 0 Å². The van der Waals surface area contributed by atoms with E-state index in [0.717, 1.165) is 47.3 Å². The van der Waals surface area contributed by atoms with Crippen LogP contribution in [0.2, 0.25) is 51.4 Å². The van der Waals surface area contributed by atoms with Gasteiger partial charge < -0.3 is 8.23 Å². The van der Waals surface area contributed by atoms with Gasteiger partial charge in [-0.1, -0.05) is 36.5 Å². The first kappa shape index (κ1) is 25.4. The van der Waals surface area contributed by atoms with Gasteiger partial charge in [0.15, 0.2) is 16.6 Å². The molecule has 0 N–H and O–H groups in total. The Bertz CT molecular complexity index is 787. The average Bonchev–Trinajstić information content (AvgIpc) is 3.53. The summed E-state index contributed by atoms with van der Waals surface area (Å²) in [5.41, 5.74) is 0.681. The lowest BCUT2D eigenvalue weighted by molar-refractivity contribution is 0.299. The fraction of sp³-hybridized carbons (Fsp3) is 0.793. The number of rotatable bonds is 7. The topological polar surface area (TPSA) is 18.5 Å². The molecule has 0 amide bonds. The summed E-state index contributed by atoms with van der Waals surface area (Å²) in [5, 5.41) is 0. The van der Waals surface area contributed by atoms with E-state index in [0.29, 0.717) is 5.54 Å². The van der Waals surface area contributed by atoms with Crippen LogP contribution in [0.25, 0.3) is 0 Å². The van der Waals surface area contributed by atoms with Crippen molar-refractivity contribution in [3.63, 3.8) is 0 Å². The maximum Gasteiger partial charge on any atom is 0.318 e. The van der Waals surface area contributed by atoms with Crippen molar-refractivity contribution in [3.05, 3.63) is 36.5 Å². The first-order chi connectivity index (χ1) is 15.9. The van der Waals surface area contributed by atoms with E-state index in [2.05, 4.69) is 82.3 Å². The van der Waals surface area contributed by atoms with Gasteiger partial charge in [-0.15, -0.1) is 0 Å². The van der Waals surface area contributed by atoms with Gasteiger partial charge in [-0.3, -0.25) is 0 Å². The second-order valence-corrected chi connectivity index (χ2v) is 27.5. The molecule has 0 aromatic heterocycles. The monoisotopic (exact) mass is 514 g/mol. The number of hydrogen-bond donors (Lipinski definition) is 0. The summed E-state index contributed by atoms with van der Waals surface area (Å²) >= 11 is 0. The van der Waals surface area contributed by atoms with Crippen LogP contribution in [0.4, 0.5) is 0 Å². The van der Waals surface area contributed by atoms with E-state index >= 15 is 0 Å². The summed E-state index contributed by atoms with van der Waals surface area (Å²) in [6.45, 7) is 16.2. The molecule has 0 saturated heterocycles. The molecule has 5 heteroatoms. The highest BCUT2D eigenvalue weighted by molar-refractivity contribution is 6.88. The van der Waals surface area contributed by atoms with E-state index in [4.69, 9.17) is 8.23 Å². The van der Waals surface area contributed by atoms with Crippen LogP contribution in [-0.4, -0.2) is 25.2 Å². The summed E-state index contributed by atoms with van der Waals surface area (Å²) in [6.07, 6.45) is 25.0. The summed E-state index contributed by atoms with van der Waals surface area (Å²) in [6, 6.07) is 0. The number of allylic oxidation sites excluding steroid dienone is 6. The van der Waals surface area contributed by atoms with Gasteiger partial charge in [0.1, 0.15) is 0 Å². The van der Waals surface area contributed by atoms with Crippen LogP contribution in [0, 0.1) is 47.3 Å². The maximum atomic E-state index is 6.69. The zero-order chi connectivity index (χ0) is 24.3. The Balaban J connectivity index is 0.000000144. The molecule has 0 heterocycles. The van der Waals surface area contributed by atoms with Gasteiger partial charge in [0.25, 0.3) is 0 Å². The van der Waals surface area contributed by atoms with Crippen LogP contribution >= 0.6 is 0 Å². The minimum absolute atomic E-state index is 0.681. The molecule has 6 bridgehead atoms. The fourth-order valence-corrected chi connectivity index (χ4v) is 21.7. The molecule has 6 aliphatic carbocycles. The summed E-state index contributed by atoms with van der Waals surface area (Å²) in [5.74, 6) is 7.52. The highest BCUT2D eigenvalue weighted by Gasteiger charge is 2.53. The van der Waals surface area contributed by atoms with E-state index in [1.54, 1.807) is 0 Å². The van der Waals surface area contributed by atoms with Crippen molar-refractivity contribution in [2.24, 2.45) is 47.3 Å². The largest absolute Gasteiger partial charge is 0.436 e. The Labute approximate surface area is 213 Å². The molecule has 2 nitrogen and oxygen atoms in total. The molecule has 6 aliphatic rings. The maximum absolute atomic E-state index is 6.69. The Morgan fingerprint density at radius 1 is 0.529 bits per heavy atom. The molecule has 3 fully saturated rings. The highest BCUT2D eigenvalue weighted by atomic mass is 28.5. The minimum Gasteiger partial charge on any atom is -0.436 e. The molecule has 0 spiro atoms. The van der Waals surface area contributed by atoms with Gasteiger partial charge in [0.05, 0.1) is 0 Å². The molecule has 9 unspecified atom stereocenters. The Morgan fingerprint density at radius 3 is 1.24 bits per heavy atom. The summed E-state index contributed by atoms with van der Waals surface area (Å²) < 4.78 is 13.4. The van der Waals surface area contributed by atoms with Crippen LogP contribution in [0.3, 0.4) is 0 Å². The first-order valence-electron chi connectivity index (χ1n) is 14.3. The van der Waals surface area contributed by atoms with Crippen molar-refractivity contribution < 1.29 is 8.23 Å². The molecule has 0 radical (unpaired) electrons. The minimum atomic E-state index is -2.07. The molecule has 6 rings (SSSR count). The summed E-state index contributed by atoms with van der Waals surface area (Å²) in [7, 11) is -5.17. The molecule has 9 atom stereocenters. The second-order valence-electron chi connectivity index (χ2n) is 14.6. The van der Waals surface area contributed by atoms with E-state index in [1.165, 1.54) is 44.9 Å². The normalized spacial score (nSPS) is 41.6. The van der Waals surface area contributed by atoms with Crippen LogP contribution < -0.4 is 0 Å². The number of fused-ring (bicyclic) bond motifs is 6.